The van der Waals surface area contributed by atoms with E-state index in [2.05, 4.69) is 109 Å². The molecule has 1 aromatic carbocycles. The fourth-order valence-electron chi connectivity index (χ4n) is 31.6. The maximum atomic E-state index is 18.3. The SMILES string of the molecule is CC1C2CCCC2CCC12C=CCC13OC45C(=CC21)CC1CC2C=CC46C(=O)OCC54C3C(=O)C(O)C35C7CC(Cc8ccccc8)CCC7C#CC7CCc8coc(CC(C(O)CO)C9CCC%10C(C=CN%11CNCC%10%11)C9)c8C78OC(=O)C7OC73C8(C)CC(CC16C2)C45. The summed E-state index contributed by atoms with van der Waals surface area (Å²) in [6, 6.07) is 11.3. The van der Waals surface area contributed by atoms with Gasteiger partial charge in [0, 0.05) is 52.7 Å². The van der Waals surface area contributed by atoms with Crippen LogP contribution in [0.25, 0.3) is 0 Å². The summed E-state index contributed by atoms with van der Waals surface area (Å²) in [6.45, 7) is 6.34. The number of nitrogens with zero attached hydrogens (tertiary/aromatic N) is 1. The van der Waals surface area contributed by atoms with Crippen molar-refractivity contribution in [1.82, 2.24) is 10.2 Å². The molecule has 2 aromatic rings. The topological polar surface area (TPSA) is 181 Å². The summed E-state index contributed by atoms with van der Waals surface area (Å²) < 4.78 is 39.1. The standard InChI is InChI=1S/C81H94N2O11/c1-43-56-11-6-10-47(56)21-25-73(43)23-7-24-76-63(73)33-55-32-54-29-46-20-26-77-71(89)91-41-75(80(55,77)94-76)66-52(37-74(54,77)35-46)36-72(2)79-53(18-15-51-40-90-62(64(51)79)34-58(61(85)39-84)49-16-19-57-50(31-49)22-27-83-42-82-38-60(57)83)17-14-48-13-12-45(28-44-8-4-3-5-9-44)30-59(48)78(66,68(87)65(86)67(75)76)81(72)69(92-81)70(88)93-79/h3-5,7-9,20,22-23,26-27,33,40,43,45-50,52-54,56-61,63,66-69,82,84-85,87H,6,10-13,15-16,18-19,21,24-25,28-32,34-39,41-42H2,1-2H3. The number of nitrogens with one attached hydrogen (secondary N) is 1. The Morgan fingerprint density at radius 2 is 1.82 bits per heavy atom. The number of allylic oxidation sites excluding steroid dienone is 3. The van der Waals surface area contributed by atoms with Gasteiger partial charge in [-0.3, -0.25) is 14.9 Å². The Morgan fingerprint density at radius 1 is 0.926 bits per heavy atom. The molecule has 9 spiro atoms. The summed E-state index contributed by atoms with van der Waals surface area (Å²) >= 11 is 0. The molecule has 10 bridgehead atoms. The summed E-state index contributed by atoms with van der Waals surface area (Å²) in [5, 5.41) is 42.6. The zero-order valence-electron chi connectivity index (χ0n) is 54.9. The predicted molar refractivity (Wildman–Crippen MR) is 343 cm³/mol. The van der Waals surface area contributed by atoms with Crippen molar-refractivity contribution in [2.24, 2.45) is 133 Å². The van der Waals surface area contributed by atoms with Crippen molar-refractivity contribution in [3.8, 4) is 11.8 Å². The third kappa shape index (κ3) is 5.94. The molecular weight excluding hydrogens is 1180 g/mol. The van der Waals surface area contributed by atoms with E-state index in [1.807, 2.05) is 6.26 Å². The lowest BCUT2D eigenvalue weighted by molar-refractivity contribution is -0.324. The number of rotatable bonds is 7. The first-order valence-corrected chi connectivity index (χ1v) is 37.8. The molecule has 7 aliphatic heterocycles. The summed E-state index contributed by atoms with van der Waals surface area (Å²) in [5.41, 5.74) is -6.94. The number of hydrogen-bond acceptors (Lipinski definition) is 13. The minimum atomic E-state index is -1.59. The number of fused-ring (bicyclic) bond motifs is 8. The molecule has 13 heteroatoms. The number of ether oxygens (including phenoxy) is 4. The number of carbonyl (C=O) groups is 3. The first kappa shape index (κ1) is 57.1. The minimum absolute atomic E-state index is 0.00552. The van der Waals surface area contributed by atoms with Crippen molar-refractivity contribution in [2.75, 3.05) is 26.4 Å². The molecule has 494 valence electrons. The van der Waals surface area contributed by atoms with Crippen LogP contribution < -0.4 is 5.32 Å². The molecule has 22 rings (SSSR count). The molecule has 13 nitrogen and oxygen atoms in total. The van der Waals surface area contributed by atoms with Crippen LogP contribution in [0.3, 0.4) is 0 Å². The molecule has 20 aliphatic rings. The molecule has 0 amide bonds. The predicted octanol–water partition coefficient (Wildman–Crippen LogP) is 10.3. The van der Waals surface area contributed by atoms with Crippen LogP contribution in [0.4, 0.5) is 0 Å². The third-order valence-electron chi connectivity index (χ3n) is 34.0. The average molecular weight is 1270 g/mol. The number of epoxide rings is 1. The Morgan fingerprint density at radius 3 is 2.70 bits per heavy atom. The highest BCUT2D eigenvalue weighted by Crippen LogP contribution is 2.94. The first-order valence-electron chi connectivity index (χ1n) is 37.8. The Kier molecular flexibility index (Phi) is 11.1. The Bertz CT molecular complexity index is 3900. The summed E-state index contributed by atoms with van der Waals surface area (Å²) in [5.74, 6) is 7.85. The molecule has 0 radical (unpaired) electrons. The lowest BCUT2D eigenvalue weighted by Crippen LogP contribution is -2.85. The summed E-state index contributed by atoms with van der Waals surface area (Å²) in [6.07, 6.45) is 33.1. The van der Waals surface area contributed by atoms with Crippen molar-refractivity contribution in [3.05, 3.63) is 107 Å². The molecule has 4 N–H and O–H groups in total. The van der Waals surface area contributed by atoms with Gasteiger partial charge in [-0.15, -0.1) is 0 Å². The van der Waals surface area contributed by atoms with Crippen LogP contribution >= 0.6 is 0 Å². The van der Waals surface area contributed by atoms with Crippen LogP contribution in [0.15, 0.2) is 89.2 Å². The molecular formula is C81H94N2O11. The van der Waals surface area contributed by atoms with E-state index in [-0.39, 0.29) is 77.7 Å². The van der Waals surface area contributed by atoms with Gasteiger partial charge in [-0.1, -0.05) is 105 Å². The van der Waals surface area contributed by atoms with E-state index in [9.17, 15) is 10.2 Å². The van der Waals surface area contributed by atoms with Crippen LogP contribution in [-0.4, -0.2) is 106 Å². The van der Waals surface area contributed by atoms with Crippen molar-refractivity contribution in [2.45, 2.75) is 195 Å². The second-order valence-corrected chi connectivity index (χ2v) is 36.0. The largest absolute Gasteiger partial charge is 0.469 e. The normalized spacial score (nSPS) is 55.4. The van der Waals surface area contributed by atoms with Crippen LogP contribution in [0.2, 0.25) is 0 Å². The number of aryl methyl sites for hydroxylation is 1. The smallest absolute Gasteiger partial charge is 0.339 e. The highest BCUT2D eigenvalue weighted by atomic mass is 16.7. The van der Waals surface area contributed by atoms with Crippen molar-refractivity contribution >= 4 is 17.7 Å². The number of hydrogen-bond donors (Lipinski definition) is 4. The van der Waals surface area contributed by atoms with Gasteiger partial charge in [0.15, 0.2) is 17.5 Å². The van der Waals surface area contributed by atoms with E-state index in [1.54, 1.807) is 0 Å². The molecule has 1 aromatic heterocycles. The van der Waals surface area contributed by atoms with Gasteiger partial charge in [-0.25, -0.2) is 4.79 Å². The number of aliphatic hydroxyl groups is 3. The average Bonchev–Trinajstić information content (AvgIpc) is 1.40. The highest BCUT2D eigenvalue weighted by molar-refractivity contribution is 5.96. The zero-order valence-corrected chi connectivity index (χ0v) is 54.9. The van der Waals surface area contributed by atoms with Gasteiger partial charge in [0.2, 0.25) is 0 Å². The van der Waals surface area contributed by atoms with Crippen molar-refractivity contribution < 1.29 is 53.1 Å². The molecule has 13 aliphatic carbocycles. The van der Waals surface area contributed by atoms with Gasteiger partial charge in [-0.05, 0) is 221 Å². The van der Waals surface area contributed by atoms with Gasteiger partial charge in [0.1, 0.15) is 35.1 Å². The number of cyclic esters (lactones) is 1. The number of aliphatic hydroxyl groups excluding tert-OH is 3. The van der Waals surface area contributed by atoms with E-state index < -0.39 is 97.4 Å². The number of esters is 2. The number of carbonyl (C=O) groups excluding carboxylic acids is 3. The van der Waals surface area contributed by atoms with E-state index in [0.29, 0.717) is 86.3 Å². The number of benzene rings is 1. The van der Waals surface area contributed by atoms with E-state index >= 15 is 19.5 Å². The van der Waals surface area contributed by atoms with Crippen LogP contribution in [0, 0.1) is 145 Å². The third-order valence-corrected chi connectivity index (χ3v) is 34.0. The first-order chi connectivity index (χ1) is 45.6. The lowest BCUT2D eigenvalue weighted by atomic mass is 9.27. The van der Waals surface area contributed by atoms with Crippen LogP contribution in [0.5, 0.6) is 0 Å². The molecule has 94 heavy (non-hydrogen) atoms. The second-order valence-electron chi connectivity index (χ2n) is 36.0. The number of Topliss-reactive ketones (excluding diaryl/α,β-unsaturated/α-hetero) is 1. The molecule has 5 saturated heterocycles. The maximum Gasteiger partial charge on any atom is 0.339 e. The molecule has 9 saturated carbocycles. The van der Waals surface area contributed by atoms with Gasteiger partial charge >= 0.3 is 11.9 Å². The molecule has 14 fully saturated rings. The van der Waals surface area contributed by atoms with E-state index in [4.69, 9.17) is 23.4 Å². The van der Waals surface area contributed by atoms with Crippen molar-refractivity contribution in [1.29, 1.82) is 0 Å². The zero-order chi connectivity index (χ0) is 62.8. The maximum absolute atomic E-state index is 18.3. The Hall–Kier alpha value is -4.81. The summed E-state index contributed by atoms with van der Waals surface area (Å²) in [7, 11) is 0. The Labute approximate surface area is 552 Å². The van der Waals surface area contributed by atoms with Crippen LogP contribution in [0.1, 0.15) is 152 Å². The van der Waals surface area contributed by atoms with Gasteiger partial charge in [-0.2, -0.15) is 0 Å². The fourth-order valence-corrected chi connectivity index (χ4v) is 31.6. The molecule has 31 atom stereocenters. The monoisotopic (exact) mass is 1270 g/mol. The quantitative estimate of drug-likeness (QED) is 0.0891. The van der Waals surface area contributed by atoms with Gasteiger partial charge < -0.3 is 43.6 Å². The van der Waals surface area contributed by atoms with Crippen molar-refractivity contribution in [3.63, 3.8) is 0 Å². The minimum Gasteiger partial charge on any atom is -0.469 e. The highest BCUT2D eigenvalue weighted by Gasteiger charge is 3.02. The number of furan rings is 1. The molecule has 8 heterocycles. The van der Waals surface area contributed by atoms with Gasteiger partial charge in [0.05, 0.1) is 48.5 Å². The fraction of sp³-hybridized carbons (Fsp3) is 0.716. The van der Waals surface area contributed by atoms with Crippen LogP contribution in [-0.2, 0) is 58.2 Å². The summed E-state index contributed by atoms with van der Waals surface area (Å²) in [4.78, 5) is 54.0. The Balaban J connectivity index is 0.790. The molecule has 31 unspecified atom stereocenters. The van der Waals surface area contributed by atoms with E-state index in [0.717, 1.165) is 95.0 Å². The van der Waals surface area contributed by atoms with E-state index in [1.165, 1.54) is 30.4 Å². The number of ketones is 1. The second kappa shape index (κ2) is 18.3. The lowest BCUT2D eigenvalue weighted by Gasteiger charge is -2.75. The van der Waals surface area contributed by atoms with Gasteiger partial charge in [0.25, 0.3) is 0 Å².